The molecular formula is C22H23ClFN3O3. The predicted molar refractivity (Wildman–Crippen MR) is 115 cm³/mol. The first-order chi connectivity index (χ1) is 14.2. The Kier molecular flexibility index (Phi) is 6.84. The quantitative estimate of drug-likeness (QED) is 0.396. The number of halogens is 2. The Morgan fingerprint density at radius 1 is 1.20 bits per heavy atom. The van der Waals surface area contributed by atoms with E-state index in [1.54, 1.807) is 24.3 Å². The van der Waals surface area contributed by atoms with Gasteiger partial charge in [0.2, 0.25) is 5.91 Å². The number of nitro benzene ring substituents is 1. The van der Waals surface area contributed by atoms with Gasteiger partial charge < -0.3 is 4.90 Å². The van der Waals surface area contributed by atoms with Gasteiger partial charge in [0.25, 0.3) is 5.69 Å². The Morgan fingerprint density at radius 3 is 2.53 bits per heavy atom. The molecule has 8 heteroatoms. The molecule has 6 nitrogen and oxygen atoms in total. The average molecular weight is 432 g/mol. The van der Waals surface area contributed by atoms with Gasteiger partial charge in [-0.15, -0.1) is 0 Å². The lowest BCUT2D eigenvalue weighted by molar-refractivity contribution is -0.384. The molecule has 0 aromatic heterocycles. The van der Waals surface area contributed by atoms with Crippen LogP contribution in [0.15, 0.2) is 48.5 Å². The first-order valence-electron chi connectivity index (χ1n) is 9.65. The van der Waals surface area contributed by atoms with E-state index in [-0.39, 0.29) is 34.5 Å². The normalized spacial score (nSPS) is 19.9. The summed E-state index contributed by atoms with van der Waals surface area (Å²) in [6.45, 7) is 6.05. The molecule has 0 saturated carbocycles. The highest BCUT2D eigenvalue weighted by molar-refractivity contribution is 6.32. The second-order valence-electron chi connectivity index (χ2n) is 7.55. The van der Waals surface area contributed by atoms with Gasteiger partial charge >= 0.3 is 0 Å². The summed E-state index contributed by atoms with van der Waals surface area (Å²) in [6.07, 6.45) is 3.08. The molecule has 0 unspecified atom stereocenters. The van der Waals surface area contributed by atoms with Crippen LogP contribution in [0.5, 0.6) is 0 Å². The smallest absolute Gasteiger partial charge is 0.287 e. The molecule has 2 atom stereocenters. The number of carbonyl (C=O) groups is 1. The number of piperazine rings is 1. The van der Waals surface area contributed by atoms with Crippen molar-refractivity contribution in [1.29, 1.82) is 0 Å². The molecule has 0 spiro atoms. The van der Waals surface area contributed by atoms with Gasteiger partial charge in [-0.25, -0.2) is 4.39 Å². The minimum atomic E-state index is -0.546. The molecule has 0 aliphatic carbocycles. The third kappa shape index (κ3) is 5.23. The first kappa shape index (κ1) is 21.9. The molecule has 0 bridgehead atoms. The van der Waals surface area contributed by atoms with E-state index in [1.165, 1.54) is 30.3 Å². The van der Waals surface area contributed by atoms with E-state index >= 15 is 0 Å². The lowest BCUT2D eigenvalue weighted by Crippen LogP contribution is -2.57. The maximum atomic E-state index is 13.1. The summed E-state index contributed by atoms with van der Waals surface area (Å²) in [7, 11) is 0. The lowest BCUT2D eigenvalue weighted by Gasteiger charge is -2.44. The van der Waals surface area contributed by atoms with Crippen molar-refractivity contribution in [3.05, 3.63) is 80.6 Å². The van der Waals surface area contributed by atoms with Crippen LogP contribution in [0.25, 0.3) is 6.08 Å². The Morgan fingerprint density at radius 2 is 1.90 bits per heavy atom. The SMILES string of the molecule is C[C@@H]1CN(C(=O)C=Cc2ccc([N+](=O)[O-])c(Cl)c2)[C@@H](C)CN1Cc1ccc(F)cc1. The summed E-state index contributed by atoms with van der Waals surface area (Å²) in [4.78, 5) is 27.1. The largest absolute Gasteiger partial charge is 0.334 e. The van der Waals surface area contributed by atoms with E-state index in [1.807, 2.05) is 11.8 Å². The standard InChI is InChI=1S/C22H23ClFN3O3/c1-15-13-26(16(2)12-25(15)14-18-3-7-19(24)8-4-18)22(28)10-6-17-5-9-21(27(29)30)20(23)11-17/h3-11,15-16H,12-14H2,1-2H3/t15-,16+/m1/s1. The monoisotopic (exact) mass is 431 g/mol. The highest BCUT2D eigenvalue weighted by Gasteiger charge is 2.31. The first-order valence-corrected chi connectivity index (χ1v) is 10.0. The van der Waals surface area contributed by atoms with Crippen molar-refractivity contribution < 1.29 is 14.1 Å². The van der Waals surface area contributed by atoms with Gasteiger partial charge in [-0.3, -0.25) is 19.8 Å². The molecule has 1 aliphatic rings. The topological polar surface area (TPSA) is 66.7 Å². The van der Waals surface area contributed by atoms with Gasteiger partial charge in [-0.05, 0) is 55.3 Å². The zero-order valence-corrected chi connectivity index (χ0v) is 17.6. The number of hydrogen-bond acceptors (Lipinski definition) is 4. The van der Waals surface area contributed by atoms with Crippen molar-refractivity contribution in [3.8, 4) is 0 Å². The number of amides is 1. The van der Waals surface area contributed by atoms with Crippen LogP contribution in [-0.2, 0) is 11.3 Å². The molecule has 0 N–H and O–H groups in total. The summed E-state index contributed by atoms with van der Waals surface area (Å²) in [5.41, 5.74) is 1.49. The Bertz CT molecular complexity index is 965. The van der Waals surface area contributed by atoms with E-state index < -0.39 is 4.92 Å². The van der Waals surface area contributed by atoms with Gasteiger partial charge in [0.15, 0.2) is 0 Å². The molecule has 3 rings (SSSR count). The lowest BCUT2D eigenvalue weighted by atomic mass is 10.1. The van der Waals surface area contributed by atoms with Crippen molar-refractivity contribution in [2.75, 3.05) is 13.1 Å². The molecular weight excluding hydrogens is 409 g/mol. The van der Waals surface area contributed by atoms with Crippen LogP contribution in [0.4, 0.5) is 10.1 Å². The van der Waals surface area contributed by atoms with Gasteiger partial charge in [-0.2, -0.15) is 0 Å². The van der Waals surface area contributed by atoms with E-state index in [0.29, 0.717) is 25.2 Å². The van der Waals surface area contributed by atoms with Crippen molar-refractivity contribution in [3.63, 3.8) is 0 Å². The van der Waals surface area contributed by atoms with Crippen LogP contribution in [0.3, 0.4) is 0 Å². The number of carbonyl (C=O) groups excluding carboxylic acids is 1. The number of nitro groups is 1. The van der Waals surface area contributed by atoms with Crippen LogP contribution in [-0.4, -0.2) is 45.8 Å². The second-order valence-corrected chi connectivity index (χ2v) is 7.95. The maximum Gasteiger partial charge on any atom is 0.287 e. The minimum Gasteiger partial charge on any atom is -0.334 e. The molecule has 158 valence electrons. The molecule has 2 aromatic carbocycles. The van der Waals surface area contributed by atoms with Crippen molar-refractivity contribution in [1.82, 2.24) is 9.80 Å². The third-order valence-electron chi connectivity index (χ3n) is 5.28. The third-order valence-corrected chi connectivity index (χ3v) is 5.59. The van der Waals surface area contributed by atoms with Crippen LogP contribution >= 0.6 is 11.6 Å². The van der Waals surface area contributed by atoms with E-state index in [4.69, 9.17) is 11.6 Å². The van der Waals surface area contributed by atoms with Crippen LogP contribution in [0, 0.1) is 15.9 Å². The molecule has 1 aliphatic heterocycles. The number of benzene rings is 2. The molecule has 30 heavy (non-hydrogen) atoms. The second kappa shape index (κ2) is 9.36. The molecule has 1 saturated heterocycles. The summed E-state index contributed by atoms with van der Waals surface area (Å²) in [6, 6.07) is 11.0. The number of nitrogens with zero attached hydrogens (tertiary/aromatic N) is 3. The average Bonchev–Trinajstić information content (AvgIpc) is 2.70. The van der Waals surface area contributed by atoms with E-state index in [0.717, 1.165) is 5.56 Å². The minimum absolute atomic E-state index is 0.0132. The summed E-state index contributed by atoms with van der Waals surface area (Å²) in [5.74, 6) is -0.373. The fourth-order valence-corrected chi connectivity index (χ4v) is 3.85. The van der Waals surface area contributed by atoms with E-state index in [9.17, 15) is 19.3 Å². The highest BCUT2D eigenvalue weighted by Crippen LogP contribution is 2.25. The molecule has 0 radical (unpaired) electrons. The van der Waals surface area contributed by atoms with E-state index in [2.05, 4.69) is 11.8 Å². The number of hydrogen-bond donors (Lipinski definition) is 0. The van der Waals surface area contributed by atoms with Gasteiger partial charge in [0, 0.05) is 43.9 Å². The molecule has 1 amide bonds. The highest BCUT2D eigenvalue weighted by atomic mass is 35.5. The summed E-state index contributed by atoms with van der Waals surface area (Å²) >= 11 is 5.92. The Labute approximate surface area is 179 Å². The van der Waals surface area contributed by atoms with Crippen molar-refractivity contribution in [2.24, 2.45) is 0 Å². The fourth-order valence-electron chi connectivity index (χ4n) is 3.59. The predicted octanol–water partition coefficient (Wildman–Crippen LogP) is 4.52. The fraction of sp³-hybridized carbons (Fsp3) is 0.318. The van der Waals surface area contributed by atoms with Crippen LogP contribution in [0.1, 0.15) is 25.0 Å². The van der Waals surface area contributed by atoms with Gasteiger partial charge in [0.05, 0.1) is 4.92 Å². The van der Waals surface area contributed by atoms with Crippen LogP contribution < -0.4 is 0 Å². The van der Waals surface area contributed by atoms with Gasteiger partial charge in [0.1, 0.15) is 10.8 Å². The zero-order chi connectivity index (χ0) is 21.8. The summed E-state index contributed by atoms with van der Waals surface area (Å²) < 4.78 is 13.1. The number of rotatable bonds is 5. The molecule has 1 fully saturated rings. The molecule has 2 aromatic rings. The Balaban J connectivity index is 1.63. The zero-order valence-electron chi connectivity index (χ0n) is 16.8. The maximum absolute atomic E-state index is 13.1. The van der Waals surface area contributed by atoms with Gasteiger partial charge in [-0.1, -0.05) is 23.7 Å². The molecule has 1 heterocycles. The van der Waals surface area contributed by atoms with Crippen molar-refractivity contribution >= 4 is 29.3 Å². The van der Waals surface area contributed by atoms with Crippen molar-refractivity contribution in [2.45, 2.75) is 32.5 Å². The Hall–Kier alpha value is -2.77. The summed E-state index contributed by atoms with van der Waals surface area (Å²) in [5, 5.41) is 10.9. The van der Waals surface area contributed by atoms with Crippen LogP contribution in [0.2, 0.25) is 5.02 Å².